The summed E-state index contributed by atoms with van der Waals surface area (Å²) in [6.45, 7) is 1.54. The van der Waals surface area contributed by atoms with E-state index in [1.54, 1.807) is 24.3 Å². The minimum atomic E-state index is -3.56. The Labute approximate surface area is 119 Å². The second-order valence-electron chi connectivity index (χ2n) is 5.15. The lowest BCUT2D eigenvalue weighted by molar-refractivity contribution is 0.260. The Hall–Kier alpha value is -1.40. The van der Waals surface area contributed by atoms with E-state index in [2.05, 4.69) is 9.71 Å². The molecule has 0 amide bonds. The van der Waals surface area contributed by atoms with Gasteiger partial charge in [0, 0.05) is 6.04 Å². The zero-order valence-electron chi connectivity index (χ0n) is 11.2. The lowest BCUT2D eigenvalue weighted by Gasteiger charge is -2.23. The maximum atomic E-state index is 11.8. The zero-order valence-corrected chi connectivity index (χ0v) is 12.0. The van der Waals surface area contributed by atoms with E-state index >= 15 is 0 Å². The van der Waals surface area contributed by atoms with Crippen molar-refractivity contribution in [3.8, 4) is 0 Å². The summed E-state index contributed by atoms with van der Waals surface area (Å²) >= 11 is 0. The van der Waals surface area contributed by atoms with Crippen LogP contribution in [-0.4, -0.2) is 33.5 Å². The standard InChI is InChI=1S/C14H18N2O3S/c17-20(18)13-7-2-1-6-12(13)14(16-20)19-10-8-11-5-3-4-9-15-11/h1-2,6-7,11,15H,3-5,8-10H2/t11-/m1/s1. The topological polar surface area (TPSA) is 67.8 Å². The highest BCUT2D eigenvalue weighted by molar-refractivity contribution is 7.90. The first-order valence-corrected chi connectivity index (χ1v) is 8.41. The van der Waals surface area contributed by atoms with Crippen molar-refractivity contribution in [1.29, 1.82) is 0 Å². The number of ether oxygens (including phenoxy) is 1. The Morgan fingerprint density at radius 3 is 2.95 bits per heavy atom. The number of piperidine rings is 1. The van der Waals surface area contributed by atoms with Gasteiger partial charge in [-0.2, -0.15) is 8.42 Å². The molecule has 1 aromatic carbocycles. The largest absolute Gasteiger partial charge is 0.477 e. The molecule has 2 aliphatic heterocycles. The molecular weight excluding hydrogens is 276 g/mol. The molecule has 1 aromatic rings. The first kappa shape index (κ1) is 13.6. The highest BCUT2D eigenvalue weighted by atomic mass is 32.2. The van der Waals surface area contributed by atoms with E-state index in [1.807, 2.05) is 0 Å². The summed E-state index contributed by atoms with van der Waals surface area (Å²) in [6, 6.07) is 7.25. The van der Waals surface area contributed by atoms with Crippen LogP contribution in [0.15, 0.2) is 33.6 Å². The number of benzene rings is 1. The summed E-state index contributed by atoms with van der Waals surface area (Å²) < 4.78 is 33.0. The SMILES string of the molecule is O=S1(=O)N=C(OCC[C@H]2CCCCN2)c2ccccc21. The third-order valence-corrected chi connectivity index (χ3v) is 5.03. The molecule has 1 fully saturated rings. The average Bonchev–Trinajstić information content (AvgIpc) is 2.72. The molecule has 0 aromatic heterocycles. The predicted octanol–water partition coefficient (Wildman–Crippen LogP) is 1.68. The second-order valence-corrected chi connectivity index (χ2v) is 6.72. The third-order valence-electron chi connectivity index (χ3n) is 3.72. The monoisotopic (exact) mass is 294 g/mol. The van der Waals surface area contributed by atoms with Gasteiger partial charge in [-0.3, -0.25) is 0 Å². The molecule has 6 heteroatoms. The van der Waals surface area contributed by atoms with Crippen LogP contribution in [-0.2, 0) is 14.8 Å². The van der Waals surface area contributed by atoms with Gasteiger partial charge in [-0.25, -0.2) is 0 Å². The summed E-state index contributed by atoms with van der Waals surface area (Å²) in [7, 11) is -3.56. The lowest BCUT2D eigenvalue weighted by Crippen LogP contribution is -2.35. The van der Waals surface area contributed by atoms with Gasteiger partial charge in [-0.15, -0.1) is 4.40 Å². The molecule has 2 heterocycles. The van der Waals surface area contributed by atoms with E-state index in [9.17, 15) is 8.42 Å². The summed E-state index contributed by atoms with van der Waals surface area (Å²) in [4.78, 5) is 0.241. The van der Waals surface area contributed by atoms with Crippen molar-refractivity contribution < 1.29 is 13.2 Å². The molecule has 0 bridgehead atoms. The predicted molar refractivity (Wildman–Crippen MR) is 76.4 cm³/mol. The number of hydrogen-bond acceptors (Lipinski definition) is 4. The minimum Gasteiger partial charge on any atom is -0.477 e. The lowest BCUT2D eigenvalue weighted by atomic mass is 10.0. The van der Waals surface area contributed by atoms with E-state index in [1.165, 1.54) is 12.8 Å². The molecule has 1 N–H and O–H groups in total. The Bertz CT molecular complexity index is 619. The molecular formula is C14H18N2O3S. The molecule has 0 unspecified atom stereocenters. The second kappa shape index (κ2) is 5.54. The van der Waals surface area contributed by atoms with Crippen molar-refractivity contribution in [2.45, 2.75) is 36.6 Å². The van der Waals surface area contributed by atoms with Crippen LogP contribution in [0.2, 0.25) is 0 Å². The van der Waals surface area contributed by atoms with Crippen LogP contribution < -0.4 is 5.32 Å². The van der Waals surface area contributed by atoms with Crippen LogP contribution in [0.1, 0.15) is 31.2 Å². The van der Waals surface area contributed by atoms with Crippen LogP contribution in [0.4, 0.5) is 0 Å². The van der Waals surface area contributed by atoms with Crippen LogP contribution in [0.5, 0.6) is 0 Å². The fraction of sp³-hybridized carbons (Fsp3) is 0.500. The Morgan fingerprint density at radius 2 is 2.15 bits per heavy atom. The molecule has 0 spiro atoms. The van der Waals surface area contributed by atoms with Gasteiger partial charge in [0.15, 0.2) is 0 Å². The normalized spacial score (nSPS) is 24.0. The average molecular weight is 294 g/mol. The summed E-state index contributed by atoms with van der Waals surface area (Å²) in [5, 5.41) is 3.44. The maximum absolute atomic E-state index is 11.8. The molecule has 0 radical (unpaired) electrons. The van der Waals surface area contributed by atoms with Crippen molar-refractivity contribution in [2.24, 2.45) is 4.40 Å². The highest BCUT2D eigenvalue weighted by Gasteiger charge is 2.29. The fourth-order valence-corrected chi connectivity index (χ4v) is 3.80. The van der Waals surface area contributed by atoms with Gasteiger partial charge in [0.1, 0.15) is 4.90 Å². The van der Waals surface area contributed by atoms with Crippen molar-refractivity contribution in [3.05, 3.63) is 29.8 Å². The molecule has 20 heavy (non-hydrogen) atoms. The molecule has 2 aliphatic rings. The Kier molecular flexibility index (Phi) is 3.76. The minimum absolute atomic E-state index is 0.233. The van der Waals surface area contributed by atoms with Gasteiger partial charge in [0.25, 0.3) is 10.0 Å². The molecule has 108 valence electrons. The molecule has 3 rings (SSSR count). The van der Waals surface area contributed by atoms with Gasteiger partial charge < -0.3 is 10.1 Å². The first-order valence-electron chi connectivity index (χ1n) is 6.97. The highest BCUT2D eigenvalue weighted by Crippen LogP contribution is 2.26. The number of fused-ring (bicyclic) bond motifs is 1. The number of rotatable bonds is 3. The Balaban J connectivity index is 1.64. The first-order chi connectivity index (χ1) is 9.67. The summed E-state index contributed by atoms with van der Waals surface area (Å²) in [5.74, 6) is 0.233. The van der Waals surface area contributed by atoms with Gasteiger partial charge in [0.05, 0.1) is 12.2 Å². The van der Waals surface area contributed by atoms with Crippen molar-refractivity contribution in [1.82, 2.24) is 5.32 Å². The van der Waals surface area contributed by atoms with E-state index in [0.717, 1.165) is 19.4 Å². The molecule has 1 saturated heterocycles. The molecule has 0 saturated carbocycles. The van der Waals surface area contributed by atoms with Gasteiger partial charge in [-0.05, 0) is 37.9 Å². The smallest absolute Gasteiger partial charge is 0.286 e. The van der Waals surface area contributed by atoms with Gasteiger partial charge in [-0.1, -0.05) is 18.6 Å². The summed E-state index contributed by atoms with van der Waals surface area (Å²) in [6.07, 6.45) is 4.51. The molecule has 1 atom stereocenters. The van der Waals surface area contributed by atoms with Crippen LogP contribution >= 0.6 is 0 Å². The van der Waals surface area contributed by atoms with Crippen LogP contribution in [0.25, 0.3) is 0 Å². The van der Waals surface area contributed by atoms with E-state index in [4.69, 9.17) is 4.74 Å². The Morgan fingerprint density at radius 1 is 1.30 bits per heavy atom. The van der Waals surface area contributed by atoms with Gasteiger partial charge in [0.2, 0.25) is 5.90 Å². The van der Waals surface area contributed by atoms with Crippen molar-refractivity contribution in [3.63, 3.8) is 0 Å². The fourth-order valence-electron chi connectivity index (χ4n) is 2.65. The van der Waals surface area contributed by atoms with Crippen LogP contribution in [0, 0.1) is 0 Å². The van der Waals surface area contributed by atoms with E-state index in [-0.39, 0.29) is 10.8 Å². The van der Waals surface area contributed by atoms with Crippen LogP contribution in [0.3, 0.4) is 0 Å². The third kappa shape index (κ3) is 2.71. The number of hydrogen-bond donors (Lipinski definition) is 1. The maximum Gasteiger partial charge on any atom is 0.286 e. The summed E-state index contributed by atoms with van der Waals surface area (Å²) in [5.41, 5.74) is 0.573. The van der Waals surface area contributed by atoms with Crippen molar-refractivity contribution >= 4 is 15.9 Å². The number of sulfonamides is 1. The molecule has 5 nitrogen and oxygen atoms in total. The zero-order chi connectivity index (χ0) is 14.0. The number of nitrogens with zero attached hydrogens (tertiary/aromatic N) is 1. The van der Waals surface area contributed by atoms with E-state index in [0.29, 0.717) is 18.2 Å². The number of nitrogens with one attached hydrogen (secondary N) is 1. The van der Waals surface area contributed by atoms with E-state index < -0.39 is 10.0 Å². The molecule has 0 aliphatic carbocycles. The quantitative estimate of drug-likeness (QED) is 0.921. The van der Waals surface area contributed by atoms with Gasteiger partial charge >= 0.3 is 0 Å². The van der Waals surface area contributed by atoms with Crippen molar-refractivity contribution in [2.75, 3.05) is 13.2 Å².